The van der Waals surface area contributed by atoms with E-state index in [1.165, 1.54) is 6.42 Å². The third-order valence-electron chi connectivity index (χ3n) is 5.93. The molecule has 26 heavy (non-hydrogen) atoms. The molecule has 1 heterocycles. The van der Waals surface area contributed by atoms with Crippen molar-refractivity contribution in [1.82, 2.24) is 4.72 Å². The number of benzene rings is 1. The van der Waals surface area contributed by atoms with Crippen LogP contribution in [0.4, 0.5) is 5.69 Å². The van der Waals surface area contributed by atoms with Crippen LogP contribution in [-0.4, -0.2) is 26.9 Å². The van der Waals surface area contributed by atoms with E-state index in [2.05, 4.69) is 27.6 Å². The Morgan fingerprint density at radius 2 is 1.92 bits per heavy atom. The number of nitrogens with zero attached hydrogens (tertiary/aromatic N) is 1. The van der Waals surface area contributed by atoms with Crippen LogP contribution in [0.25, 0.3) is 0 Å². The number of amides is 1. The molecule has 1 aromatic carbocycles. The number of nitrogens with one attached hydrogen (secondary N) is 1. The molecule has 7 heteroatoms. The van der Waals surface area contributed by atoms with Crippen molar-refractivity contribution in [1.29, 1.82) is 0 Å². The number of anilines is 1. The van der Waals surface area contributed by atoms with Crippen molar-refractivity contribution in [2.75, 3.05) is 11.4 Å². The van der Waals surface area contributed by atoms with E-state index in [9.17, 15) is 13.2 Å². The summed E-state index contributed by atoms with van der Waals surface area (Å²) in [5.41, 5.74) is 1.80. The zero-order valence-electron chi connectivity index (χ0n) is 15.0. The smallest absolute Gasteiger partial charge is 0.242 e. The molecule has 0 aromatic heterocycles. The van der Waals surface area contributed by atoms with Gasteiger partial charge in [0.05, 0.1) is 4.90 Å². The fourth-order valence-electron chi connectivity index (χ4n) is 4.13. The number of hydrogen-bond acceptors (Lipinski definition) is 3. The number of carbonyl (C=O) groups excluding carboxylic acids is 1. The van der Waals surface area contributed by atoms with Crippen LogP contribution in [0.15, 0.2) is 21.5 Å². The van der Waals surface area contributed by atoms with Gasteiger partial charge in [-0.2, -0.15) is 0 Å². The maximum Gasteiger partial charge on any atom is 0.242 e. The van der Waals surface area contributed by atoms with Crippen molar-refractivity contribution in [2.24, 2.45) is 11.8 Å². The number of rotatable bonds is 4. The Morgan fingerprint density at radius 1 is 1.19 bits per heavy atom. The van der Waals surface area contributed by atoms with Crippen LogP contribution >= 0.6 is 15.9 Å². The number of carbonyl (C=O) groups is 1. The van der Waals surface area contributed by atoms with Gasteiger partial charge in [-0.1, -0.05) is 19.8 Å². The highest BCUT2D eigenvalue weighted by atomic mass is 79.9. The van der Waals surface area contributed by atoms with E-state index in [-0.39, 0.29) is 22.8 Å². The summed E-state index contributed by atoms with van der Waals surface area (Å²) in [4.78, 5) is 14.5. The number of hydrogen-bond donors (Lipinski definition) is 1. The molecule has 142 valence electrons. The highest BCUT2D eigenvalue weighted by molar-refractivity contribution is 9.10. The molecule has 3 aliphatic rings. The van der Waals surface area contributed by atoms with Crippen molar-refractivity contribution in [3.05, 3.63) is 22.2 Å². The van der Waals surface area contributed by atoms with Crippen LogP contribution in [0.3, 0.4) is 0 Å². The molecule has 0 unspecified atom stereocenters. The Bertz CT molecular complexity index is 835. The summed E-state index contributed by atoms with van der Waals surface area (Å²) >= 11 is 3.44. The molecular weight excluding hydrogens is 416 g/mol. The minimum Gasteiger partial charge on any atom is -0.312 e. The molecule has 0 saturated heterocycles. The highest BCUT2D eigenvalue weighted by Crippen LogP contribution is 2.39. The quantitative estimate of drug-likeness (QED) is 0.777. The Kier molecular flexibility index (Phi) is 4.90. The molecule has 2 fully saturated rings. The molecule has 2 saturated carbocycles. The zero-order valence-corrected chi connectivity index (χ0v) is 17.4. The molecular formula is C19H25BrN2O3S. The lowest BCUT2D eigenvalue weighted by Crippen LogP contribution is -2.41. The van der Waals surface area contributed by atoms with Gasteiger partial charge in [-0.25, -0.2) is 13.1 Å². The van der Waals surface area contributed by atoms with Crippen LogP contribution in [0, 0.1) is 11.8 Å². The standard InChI is InChI=1S/C19H25BrN2O3S/c1-12-4-2-3-5-16(12)21-26(24,25)18-11-17-14(10-15(18)20)8-9-22(17)19(23)13-6-7-13/h10-13,16,21H,2-9H2,1H3/t12-,16+/m0/s1. The molecule has 0 bridgehead atoms. The largest absolute Gasteiger partial charge is 0.312 e. The summed E-state index contributed by atoms with van der Waals surface area (Å²) < 4.78 is 29.6. The summed E-state index contributed by atoms with van der Waals surface area (Å²) in [5.74, 6) is 0.619. The Hall–Kier alpha value is -0.920. The van der Waals surface area contributed by atoms with E-state index in [0.29, 0.717) is 16.9 Å². The van der Waals surface area contributed by atoms with Crippen LogP contribution in [0.5, 0.6) is 0 Å². The molecule has 1 amide bonds. The van der Waals surface area contributed by atoms with E-state index in [1.54, 1.807) is 11.0 Å². The lowest BCUT2D eigenvalue weighted by Gasteiger charge is -2.29. The van der Waals surface area contributed by atoms with Crippen molar-refractivity contribution in [3.8, 4) is 0 Å². The molecule has 1 aliphatic heterocycles. The highest BCUT2D eigenvalue weighted by Gasteiger charge is 2.37. The summed E-state index contributed by atoms with van der Waals surface area (Å²) in [5, 5.41) is 0. The monoisotopic (exact) mass is 440 g/mol. The molecule has 1 aromatic rings. The third kappa shape index (κ3) is 3.45. The number of fused-ring (bicyclic) bond motifs is 1. The second kappa shape index (κ2) is 6.91. The molecule has 2 atom stereocenters. The average molecular weight is 441 g/mol. The Balaban J connectivity index is 1.63. The predicted octanol–water partition coefficient (Wildman–Crippen LogP) is 3.61. The maximum absolute atomic E-state index is 13.0. The first-order chi connectivity index (χ1) is 12.4. The van der Waals surface area contributed by atoms with E-state index in [1.807, 2.05) is 6.07 Å². The van der Waals surface area contributed by atoms with Crippen molar-refractivity contribution in [3.63, 3.8) is 0 Å². The van der Waals surface area contributed by atoms with Crippen LogP contribution in [0.2, 0.25) is 0 Å². The molecule has 2 aliphatic carbocycles. The number of sulfonamides is 1. The van der Waals surface area contributed by atoms with Gasteiger partial charge in [0, 0.05) is 28.7 Å². The molecule has 4 rings (SSSR count). The van der Waals surface area contributed by atoms with Gasteiger partial charge < -0.3 is 4.90 Å². The van der Waals surface area contributed by atoms with Gasteiger partial charge in [-0.3, -0.25) is 4.79 Å². The summed E-state index contributed by atoms with van der Waals surface area (Å²) in [6.07, 6.45) is 6.85. The molecule has 5 nitrogen and oxygen atoms in total. The van der Waals surface area contributed by atoms with Crippen LogP contribution in [-0.2, 0) is 21.2 Å². The van der Waals surface area contributed by atoms with E-state index in [0.717, 1.165) is 49.8 Å². The fraction of sp³-hybridized carbons (Fsp3) is 0.632. The first kappa shape index (κ1) is 18.4. The van der Waals surface area contributed by atoms with Crippen molar-refractivity contribution < 1.29 is 13.2 Å². The minimum atomic E-state index is -3.63. The van der Waals surface area contributed by atoms with Crippen molar-refractivity contribution >= 4 is 37.5 Å². The lowest BCUT2D eigenvalue weighted by molar-refractivity contribution is -0.119. The fourth-order valence-corrected chi connectivity index (χ4v) is 6.62. The van der Waals surface area contributed by atoms with Gasteiger partial charge in [0.2, 0.25) is 15.9 Å². The van der Waals surface area contributed by atoms with Gasteiger partial charge in [0.25, 0.3) is 0 Å². The summed E-state index contributed by atoms with van der Waals surface area (Å²) in [6.45, 7) is 2.76. The van der Waals surface area contributed by atoms with E-state index < -0.39 is 10.0 Å². The SMILES string of the molecule is C[C@H]1CCCC[C@H]1NS(=O)(=O)c1cc2c(cc1Br)CCN2C(=O)C1CC1. The molecule has 0 radical (unpaired) electrons. The van der Waals surface area contributed by atoms with Crippen molar-refractivity contribution in [2.45, 2.75) is 62.8 Å². The van der Waals surface area contributed by atoms with Gasteiger partial charge in [0.15, 0.2) is 0 Å². The number of halogens is 1. The third-order valence-corrected chi connectivity index (χ3v) is 8.38. The molecule has 1 N–H and O–H groups in total. The molecule has 0 spiro atoms. The minimum absolute atomic E-state index is 0.0156. The first-order valence-electron chi connectivity index (χ1n) is 9.53. The lowest BCUT2D eigenvalue weighted by atomic mass is 9.87. The maximum atomic E-state index is 13.0. The van der Waals surface area contributed by atoms with Crippen LogP contribution < -0.4 is 9.62 Å². The van der Waals surface area contributed by atoms with Gasteiger partial charge >= 0.3 is 0 Å². The summed E-state index contributed by atoms with van der Waals surface area (Å²) in [7, 11) is -3.63. The topological polar surface area (TPSA) is 66.5 Å². The average Bonchev–Trinajstić information content (AvgIpc) is 3.36. The van der Waals surface area contributed by atoms with Gasteiger partial charge in [0.1, 0.15) is 0 Å². The van der Waals surface area contributed by atoms with E-state index in [4.69, 9.17) is 0 Å². The second-order valence-corrected chi connectivity index (χ2v) is 10.5. The Labute approximate surface area is 163 Å². The zero-order chi connectivity index (χ0) is 18.5. The van der Waals surface area contributed by atoms with Gasteiger partial charge in [-0.05, 0) is 71.6 Å². The second-order valence-electron chi connectivity index (χ2n) is 7.92. The van der Waals surface area contributed by atoms with Crippen LogP contribution in [0.1, 0.15) is 51.0 Å². The van der Waals surface area contributed by atoms with E-state index >= 15 is 0 Å². The normalized spacial score (nSPS) is 26.0. The summed E-state index contributed by atoms with van der Waals surface area (Å²) in [6, 6.07) is 3.54. The first-order valence-corrected chi connectivity index (χ1v) is 11.8. The Morgan fingerprint density at radius 3 is 2.62 bits per heavy atom. The van der Waals surface area contributed by atoms with Gasteiger partial charge in [-0.15, -0.1) is 0 Å². The predicted molar refractivity (Wildman–Crippen MR) is 105 cm³/mol.